The van der Waals surface area contributed by atoms with Crippen LogP contribution in [0.5, 0.6) is 0 Å². The van der Waals surface area contributed by atoms with Crippen molar-refractivity contribution < 1.29 is 17.8 Å². The number of carbonyl (C=O) groups excluding carboxylic acids is 1. The lowest BCUT2D eigenvalue weighted by Crippen LogP contribution is -2.28. The van der Waals surface area contributed by atoms with Gasteiger partial charge in [0, 0.05) is 34.8 Å². The molecule has 2 atom stereocenters. The van der Waals surface area contributed by atoms with Gasteiger partial charge in [-0.05, 0) is 31.6 Å². The number of hydrogen-bond acceptors (Lipinski definition) is 5. The number of Topliss-reactive ketones (excluding diaryl/α,β-unsaturated/α-hetero) is 1. The number of ketones is 1. The average molecular weight is 367 g/mol. The second kappa shape index (κ2) is 8.94. The molecule has 1 heterocycles. The van der Waals surface area contributed by atoms with Crippen LogP contribution in [0.4, 0.5) is 0 Å². The SMILES string of the molecule is O=C(CC(CCCS(=O)(=O)O)C1CSCCS1)C1CCCC1. The van der Waals surface area contributed by atoms with Gasteiger partial charge < -0.3 is 0 Å². The van der Waals surface area contributed by atoms with Gasteiger partial charge in [-0.1, -0.05) is 12.8 Å². The zero-order valence-corrected chi connectivity index (χ0v) is 15.4. The largest absolute Gasteiger partial charge is 0.299 e. The molecule has 0 spiro atoms. The Hall–Kier alpha value is 0.280. The van der Waals surface area contributed by atoms with Crippen LogP contribution >= 0.6 is 23.5 Å². The highest BCUT2D eigenvalue weighted by Gasteiger charge is 2.30. The molecule has 22 heavy (non-hydrogen) atoms. The van der Waals surface area contributed by atoms with Crippen molar-refractivity contribution in [3.8, 4) is 0 Å². The second-order valence-corrected chi connectivity index (χ2v) is 10.4. The molecule has 4 nitrogen and oxygen atoms in total. The Bertz CT molecular complexity index is 451. The van der Waals surface area contributed by atoms with Crippen molar-refractivity contribution in [3.63, 3.8) is 0 Å². The maximum atomic E-state index is 12.5. The van der Waals surface area contributed by atoms with Gasteiger partial charge in [-0.15, -0.1) is 0 Å². The summed E-state index contributed by atoms with van der Waals surface area (Å²) in [5.74, 6) is 4.02. The first-order valence-corrected chi connectivity index (χ1v) is 11.9. The summed E-state index contributed by atoms with van der Waals surface area (Å²) >= 11 is 3.86. The molecule has 128 valence electrons. The van der Waals surface area contributed by atoms with Crippen LogP contribution in [0.25, 0.3) is 0 Å². The molecule has 0 aromatic carbocycles. The minimum Gasteiger partial charge on any atom is -0.299 e. The molecule has 2 aliphatic rings. The standard InChI is InChI=1S/C15H26O4S3/c16-14(12-4-1-2-5-12)10-13(6-3-9-22(17,18)19)15-11-20-7-8-21-15/h12-13,15H,1-11H2,(H,17,18,19). The molecular weight excluding hydrogens is 340 g/mol. The molecule has 0 aromatic rings. The van der Waals surface area contributed by atoms with Crippen molar-refractivity contribution in [2.75, 3.05) is 23.0 Å². The van der Waals surface area contributed by atoms with E-state index in [4.69, 9.17) is 4.55 Å². The maximum Gasteiger partial charge on any atom is 0.264 e. The highest BCUT2D eigenvalue weighted by Crippen LogP contribution is 2.36. The zero-order chi connectivity index (χ0) is 16.0. The monoisotopic (exact) mass is 366 g/mol. The summed E-state index contributed by atoms with van der Waals surface area (Å²) in [5, 5.41) is 0.450. The average Bonchev–Trinajstić information content (AvgIpc) is 3.00. The lowest BCUT2D eigenvalue weighted by Gasteiger charge is -2.30. The first-order chi connectivity index (χ1) is 10.5. The van der Waals surface area contributed by atoms with E-state index in [1.54, 1.807) is 0 Å². The predicted molar refractivity (Wildman–Crippen MR) is 94.3 cm³/mol. The van der Waals surface area contributed by atoms with Crippen LogP contribution in [0.2, 0.25) is 0 Å². The van der Waals surface area contributed by atoms with Gasteiger partial charge in [-0.2, -0.15) is 31.9 Å². The molecule has 0 aromatic heterocycles. The Kier molecular flexibility index (Phi) is 7.57. The van der Waals surface area contributed by atoms with Gasteiger partial charge in [0.1, 0.15) is 5.78 Å². The van der Waals surface area contributed by atoms with Crippen LogP contribution < -0.4 is 0 Å². The smallest absolute Gasteiger partial charge is 0.264 e. The van der Waals surface area contributed by atoms with E-state index in [9.17, 15) is 13.2 Å². The maximum absolute atomic E-state index is 12.5. The molecule has 2 rings (SSSR count). The number of thioether (sulfide) groups is 2. The molecule has 1 saturated carbocycles. The van der Waals surface area contributed by atoms with Gasteiger partial charge in [-0.3, -0.25) is 9.35 Å². The van der Waals surface area contributed by atoms with Crippen LogP contribution in [0, 0.1) is 11.8 Å². The fourth-order valence-corrected chi connectivity index (χ4v) is 6.94. The highest BCUT2D eigenvalue weighted by molar-refractivity contribution is 8.06. The van der Waals surface area contributed by atoms with Crippen LogP contribution in [-0.4, -0.2) is 47.0 Å². The Morgan fingerprint density at radius 2 is 1.95 bits per heavy atom. The quantitative estimate of drug-likeness (QED) is 0.665. The summed E-state index contributed by atoms with van der Waals surface area (Å²) in [6, 6.07) is 0. The van der Waals surface area contributed by atoms with Gasteiger partial charge in [0.2, 0.25) is 0 Å². The molecule has 1 N–H and O–H groups in total. The van der Waals surface area contributed by atoms with Gasteiger partial charge in [0.05, 0.1) is 5.75 Å². The third-order valence-corrected chi connectivity index (χ3v) is 8.40. The van der Waals surface area contributed by atoms with E-state index in [1.807, 2.05) is 23.5 Å². The minimum absolute atomic E-state index is 0.189. The van der Waals surface area contributed by atoms with E-state index in [2.05, 4.69) is 0 Å². The van der Waals surface area contributed by atoms with E-state index in [0.29, 0.717) is 23.9 Å². The van der Waals surface area contributed by atoms with E-state index in [-0.39, 0.29) is 17.6 Å². The van der Waals surface area contributed by atoms with Gasteiger partial charge >= 0.3 is 0 Å². The van der Waals surface area contributed by atoms with Crippen molar-refractivity contribution in [2.45, 2.75) is 50.2 Å². The summed E-state index contributed by atoms with van der Waals surface area (Å²) in [4.78, 5) is 12.5. The summed E-state index contributed by atoms with van der Waals surface area (Å²) in [6.45, 7) is 0. The third kappa shape index (κ3) is 6.42. The minimum atomic E-state index is -3.89. The molecule has 2 fully saturated rings. The van der Waals surface area contributed by atoms with Crippen molar-refractivity contribution in [1.82, 2.24) is 0 Å². The normalized spacial score (nSPS) is 25.2. The van der Waals surface area contributed by atoms with Crippen molar-refractivity contribution in [3.05, 3.63) is 0 Å². The molecule has 0 bridgehead atoms. The van der Waals surface area contributed by atoms with Crippen molar-refractivity contribution in [2.24, 2.45) is 11.8 Å². The highest BCUT2D eigenvalue weighted by atomic mass is 32.2. The van der Waals surface area contributed by atoms with Crippen LogP contribution in [0.1, 0.15) is 44.9 Å². The molecular formula is C15H26O4S3. The van der Waals surface area contributed by atoms with E-state index >= 15 is 0 Å². The lowest BCUT2D eigenvalue weighted by molar-refractivity contribution is -0.123. The van der Waals surface area contributed by atoms with Gasteiger partial charge in [0.15, 0.2) is 0 Å². The van der Waals surface area contributed by atoms with Gasteiger partial charge in [-0.25, -0.2) is 0 Å². The fourth-order valence-electron chi connectivity index (χ4n) is 3.40. The molecule has 7 heteroatoms. The summed E-state index contributed by atoms with van der Waals surface area (Å²) in [5.41, 5.74) is 0. The van der Waals surface area contributed by atoms with E-state index in [0.717, 1.165) is 49.4 Å². The number of hydrogen-bond donors (Lipinski definition) is 1. The van der Waals surface area contributed by atoms with Crippen LogP contribution in [-0.2, 0) is 14.9 Å². The molecule has 1 saturated heterocycles. The zero-order valence-electron chi connectivity index (χ0n) is 12.9. The second-order valence-electron chi connectivity index (χ2n) is 6.32. The molecule has 1 aliphatic carbocycles. The Morgan fingerprint density at radius 3 is 2.55 bits per heavy atom. The molecule has 1 aliphatic heterocycles. The summed E-state index contributed by atoms with van der Waals surface area (Å²) in [6.07, 6.45) is 6.15. The fraction of sp³-hybridized carbons (Fsp3) is 0.933. The predicted octanol–water partition coefficient (Wildman–Crippen LogP) is 3.27. The van der Waals surface area contributed by atoms with Crippen LogP contribution in [0.15, 0.2) is 0 Å². The Morgan fingerprint density at radius 1 is 1.23 bits per heavy atom. The first kappa shape index (κ1) is 18.6. The number of rotatable bonds is 8. The lowest BCUT2D eigenvalue weighted by atomic mass is 9.89. The molecule has 0 amide bonds. The summed E-state index contributed by atoms with van der Waals surface area (Å²) in [7, 11) is -3.89. The van der Waals surface area contributed by atoms with Crippen molar-refractivity contribution >= 4 is 39.4 Å². The summed E-state index contributed by atoms with van der Waals surface area (Å²) < 4.78 is 30.7. The Labute approximate surface area is 142 Å². The van der Waals surface area contributed by atoms with E-state index in [1.165, 1.54) is 0 Å². The Balaban J connectivity index is 1.89. The third-order valence-electron chi connectivity index (χ3n) is 4.62. The van der Waals surface area contributed by atoms with Crippen molar-refractivity contribution in [1.29, 1.82) is 0 Å². The number of carbonyl (C=O) groups is 1. The molecule has 2 unspecified atom stereocenters. The van der Waals surface area contributed by atoms with Crippen LogP contribution in [0.3, 0.4) is 0 Å². The van der Waals surface area contributed by atoms with Gasteiger partial charge in [0.25, 0.3) is 10.1 Å². The van der Waals surface area contributed by atoms with E-state index < -0.39 is 10.1 Å². The first-order valence-electron chi connectivity index (χ1n) is 8.13. The molecule has 0 radical (unpaired) electrons. The topological polar surface area (TPSA) is 71.4 Å².